The molecule has 0 aliphatic carbocycles. The van der Waals surface area contributed by atoms with Crippen molar-refractivity contribution < 1.29 is 4.74 Å². The van der Waals surface area contributed by atoms with Crippen LogP contribution in [-0.4, -0.2) is 23.0 Å². The predicted molar refractivity (Wildman–Crippen MR) is 64.9 cm³/mol. The van der Waals surface area contributed by atoms with E-state index in [-0.39, 0.29) is 5.54 Å². The van der Waals surface area contributed by atoms with Gasteiger partial charge >= 0.3 is 0 Å². The average molecular weight is 214 g/mol. The normalized spacial score (nSPS) is 18.5. The molecule has 82 valence electrons. The van der Waals surface area contributed by atoms with Gasteiger partial charge in [0.15, 0.2) is 0 Å². The lowest BCUT2D eigenvalue weighted by molar-refractivity contribution is 0.279. The largest absolute Gasteiger partial charge is 0.475 e. The van der Waals surface area contributed by atoms with Crippen molar-refractivity contribution in [1.82, 2.24) is 4.98 Å². The third-order valence-electron chi connectivity index (χ3n) is 2.79. The smallest absolute Gasteiger partial charge is 0.219 e. The number of hydrogen-bond acceptors (Lipinski definition) is 2. The molecule has 0 amide bonds. The minimum absolute atomic E-state index is 0.103. The van der Waals surface area contributed by atoms with Gasteiger partial charge in [0.1, 0.15) is 6.61 Å². The molecule has 1 aliphatic heterocycles. The van der Waals surface area contributed by atoms with Crippen molar-refractivity contribution in [2.24, 2.45) is 4.99 Å². The summed E-state index contributed by atoms with van der Waals surface area (Å²) in [5.41, 5.74) is 2.07. The number of nitrogens with zero attached hydrogens (tertiary/aromatic N) is 1. The van der Waals surface area contributed by atoms with E-state index in [2.05, 4.69) is 36.0 Å². The topological polar surface area (TPSA) is 37.4 Å². The van der Waals surface area contributed by atoms with Gasteiger partial charge < -0.3 is 9.72 Å². The summed E-state index contributed by atoms with van der Waals surface area (Å²) in [6.07, 6.45) is 1.96. The lowest BCUT2D eigenvalue weighted by Gasteiger charge is -2.07. The third kappa shape index (κ3) is 1.40. The minimum atomic E-state index is -0.103. The second-order valence-corrected chi connectivity index (χ2v) is 4.77. The summed E-state index contributed by atoms with van der Waals surface area (Å²) in [6, 6.07) is 8.18. The summed E-state index contributed by atoms with van der Waals surface area (Å²) < 4.78 is 5.65. The van der Waals surface area contributed by atoms with Gasteiger partial charge in [0.05, 0.1) is 11.1 Å². The molecule has 0 fully saturated rings. The molecule has 0 spiro atoms. The molecule has 1 aliphatic rings. The highest BCUT2D eigenvalue weighted by atomic mass is 16.5. The Labute approximate surface area is 94.1 Å². The van der Waals surface area contributed by atoms with E-state index in [0.717, 1.165) is 17.0 Å². The maximum absolute atomic E-state index is 5.65. The molecule has 1 N–H and O–H groups in total. The quantitative estimate of drug-likeness (QED) is 0.778. The van der Waals surface area contributed by atoms with E-state index in [9.17, 15) is 0 Å². The molecule has 0 atom stereocenters. The molecule has 0 saturated heterocycles. The summed E-state index contributed by atoms with van der Waals surface area (Å²) in [4.78, 5) is 7.82. The number of nitrogens with one attached hydrogen (secondary N) is 1. The zero-order valence-electron chi connectivity index (χ0n) is 9.45. The Kier molecular flexibility index (Phi) is 1.84. The van der Waals surface area contributed by atoms with Gasteiger partial charge in [-0.05, 0) is 19.9 Å². The summed E-state index contributed by atoms with van der Waals surface area (Å²) in [5, 5.41) is 1.17. The van der Waals surface area contributed by atoms with Crippen molar-refractivity contribution in [1.29, 1.82) is 0 Å². The molecule has 1 aromatic carbocycles. The summed E-state index contributed by atoms with van der Waals surface area (Å²) >= 11 is 0. The fourth-order valence-corrected chi connectivity index (χ4v) is 1.97. The van der Waals surface area contributed by atoms with Gasteiger partial charge in [-0.1, -0.05) is 18.2 Å². The van der Waals surface area contributed by atoms with Crippen LogP contribution in [0.3, 0.4) is 0 Å². The number of H-pyrrole nitrogens is 1. The number of aromatic amines is 1. The van der Waals surface area contributed by atoms with Gasteiger partial charge in [0, 0.05) is 17.1 Å². The van der Waals surface area contributed by atoms with Gasteiger partial charge in [-0.25, -0.2) is 4.99 Å². The lowest BCUT2D eigenvalue weighted by atomic mass is 10.1. The second-order valence-electron chi connectivity index (χ2n) is 4.77. The van der Waals surface area contributed by atoms with Crippen LogP contribution in [0.1, 0.15) is 19.4 Å². The maximum Gasteiger partial charge on any atom is 0.219 e. The fraction of sp³-hybridized carbons (Fsp3) is 0.308. The van der Waals surface area contributed by atoms with Crippen molar-refractivity contribution >= 4 is 16.8 Å². The first-order valence-corrected chi connectivity index (χ1v) is 5.45. The molecule has 0 bridgehead atoms. The number of aromatic nitrogens is 1. The van der Waals surface area contributed by atoms with Crippen LogP contribution in [0.5, 0.6) is 0 Å². The SMILES string of the molecule is CC1(C)COC(c2c[nH]c3ccccc23)=N1. The van der Waals surface area contributed by atoms with Crippen molar-refractivity contribution in [3.05, 3.63) is 36.0 Å². The lowest BCUT2D eigenvalue weighted by Crippen LogP contribution is -2.17. The number of aliphatic imine (C=N–C) groups is 1. The number of rotatable bonds is 1. The van der Waals surface area contributed by atoms with Gasteiger partial charge in [-0.2, -0.15) is 0 Å². The molecule has 3 heteroatoms. The van der Waals surface area contributed by atoms with Crippen LogP contribution in [-0.2, 0) is 4.74 Å². The molecule has 0 radical (unpaired) electrons. The van der Waals surface area contributed by atoms with Crippen LogP contribution >= 0.6 is 0 Å². The van der Waals surface area contributed by atoms with Gasteiger partial charge in [0.25, 0.3) is 0 Å². The van der Waals surface area contributed by atoms with Crippen molar-refractivity contribution in [3.8, 4) is 0 Å². The van der Waals surface area contributed by atoms with Crippen molar-refractivity contribution in [2.45, 2.75) is 19.4 Å². The molecule has 3 nitrogen and oxygen atoms in total. The highest BCUT2D eigenvalue weighted by Gasteiger charge is 2.28. The van der Waals surface area contributed by atoms with Crippen LogP contribution in [0.4, 0.5) is 0 Å². The number of benzene rings is 1. The third-order valence-corrected chi connectivity index (χ3v) is 2.79. The van der Waals surface area contributed by atoms with E-state index < -0.39 is 0 Å². The van der Waals surface area contributed by atoms with E-state index in [1.807, 2.05) is 18.3 Å². The Hall–Kier alpha value is -1.77. The Morgan fingerprint density at radius 2 is 2.12 bits per heavy atom. The van der Waals surface area contributed by atoms with Crippen LogP contribution in [0, 0.1) is 0 Å². The van der Waals surface area contributed by atoms with E-state index in [4.69, 9.17) is 4.74 Å². The van der Waals surface area contributed by atoms with Crippen LogP contribution < -0.4 is 0 Å². The van der Waals surface area contributed by atoms with E-state index in [1.54, 1.807) is 0 Å². The van der Waals surface area contributed by atoms with Crippen LogP contribution in [0.25, 0.3) is 10.9 Å². The van der Waals surface area contributed by atoms with E-state index >= 15 is 0 Å². The monoisotopic (exact) mass is 214 g/mol. The highest BCUT2D eigenvalue weighted by molar-refractivity contribution is 6.07. The van der Waals surface area contributed by atoms with Crippen molar-refractivity contribution in [2.75, 3.05) is 6.61 Å². The molecule has 1 aromatic heterocycles. The summed E-state index contributed by atoms with van der Waals surface area (Å²) in [6.45, 7) is 4.81. The van der Waals surface area contributed by atoms with Gasteiger partial charge in [-0.15, -0.1) is 0 Å². The zero-order valence-corrected chi connectivity index (χ0v) is 9.45. The molecular formula is C13H14N2O. The Morgan fingerprint density at radius 3 is 2.88 bits per heavy atom. The van der Waals surface area contributed by atoms with E-state index in [0.29, 0.717) is 6.61 Å². The molecule has 3 rings (SSSR count). The Balaban J connectivity index is 2.14. The number of para-hydroxylation sites is 1. The molecule has 2 aromatic rings. The zero-order chi connectivity index (χ0) is 11.2. The van der Waals surface area contributed by atoms with Gasteiger partial charge in [0.2, 0.25) is 5.90 Å². The maximum atomic E-state index is 5.65. The Bertz CT molecular complexity index is 566. The number of ether oxygens (including phenoxy) is 1. The summed E-state index contributed by atoms with van der Waals surface area (Å²) in [7, 11) is 0. The standard InChI is InChI=1S/C13H14N2O/c1-13(2)8-16-12(15-13)10-7-14-11-6-4-3-5-9(10)11/h3-7,14H,8H2,1-2H3. The number of hydrogen-bond donors (Lipinski definition) is 1. The Morgan fingerprint density at radius 1 is 1.31 bits per heavy atom. The first kappa shape index (κ1) is 9.46. The molecule has 0 saturated carbocycles. The predicted octanol–water partition coefficient (Wildman–Crippen LogP) is 2.72. The first-order chi connectivity index (χ1) is 7.66. The first-order valence-electron chi connectivity index (χ1n) is 5.45. The van der Waals surface area contributed by atoms with Crippen molar-refractivity contribution in [3.63, 3.8) is 0 Å². The molecule has 2 heterocycles. The highest BCUT2D eigenvalue weighted by Crippen LogP contribution is 2.25. The molecular weight excluding hydrogens is 200 g/mol. The minimum Gasteiger partial charge on any atom is -0.475 e. The summed E-state index contributed by atoms with van der Waals surface area (Å²) in [5.74, 6) is 0.752. The van der Waals surface area contributed by atoms with Gasteiger partial charge in [-0.3, -0.25) is 0 Å². The van der Waals surface area contributed by atoms with Crippen LogP contribution in [0.2, 0.25) is 0 Å². The number of fused-ring (bicyclic) bond motifs is 1. The van der Waals surface area contributed by atoms with E-state index in [1.165, 1.54) is 5.39 Å². The fourth-order valence-electron chi connectivity index (χ4n) is 1.97. The second kappa shape index (κ2) is 3.11. The average Bonchev–Trinajstić information content (AvgIpc) is 2.81. The molecule has 0 unspecified atom stereocenters. The molecule has 16 heavy (non-hydrogen) atoms. The van der Waals surface area contributed by atoms with Crippen LogP contribution in [0.15, 0.2) is 35.5 Å².